The molecule has 0 saturated heterocycles. The molecule has 2 rings (SSSR count). The van der Waals surface area contributed by atoms with Crippen LogP contribution in [0.4, 0.5) is 10.1 Å². The number of nitrogens with zero attached hydrogens (tertiary/aromatic N) is 1. The summed E-state index contributed by atoms with van der Waals surface area (Å²) in [4.78, 5) is 0. The Morgan fingerprint density at radius 1 is 1.42 bits per heavy atom. The summed E-state index contributed by atoms with van der Waals surface area (Å²) in [7, 11) is -3.13. The van der Waals surface area contributed by atoms with Crippen LogP contribution in [-0.2, 0) is 9.84 Å². The van der Waals surface area contributed by atoms with Crippen molar-refractivity contribution >= 4 is 15.5 Å². The van der Waals surface area contributed by atoms with E-state index < -0.39 is 20.9 Å². The summed E-state index contributed by atoms with van der Waals surface area (Å²) in [5.41, 5.74) is 0.494. The third-order valence-electron chi connectivity index (χ3n) is 3.44. The van der Waals surface area contributed by atoms with Crippen molar-refractivity contribution in [2.75, 3.05) is 11.6 Å². The van der Waals surface area contributed by atoms with Crippen molar-refractivity contribution in [2.45, 2.75) is 30.6 Å². The van der Waals surface area contributed by atoms with Crippen LogP contribution >= 0.6 is 0 Å². The zero-order valence-electron chi connectivity index (χ0n) is 10.6. The fourth-order valence-electron chi connectivity index (χ4n) is 2.51. The lowest BCUT2D eigenvalue weighted by atomic mass is 10.2. The Morgan fingerprint density at radius 3 is 2.74 bits per heavy atom. The molecule has 0 spiro atoms. The van der Waals surface area contributed by atoms with Gasteiger partial charge in [0.1, 0.15) is 5.82 Å². The maximum Gasteiger partial charge on any atom is 0.152 e. The SMILES string of the molecule is CS(=O)(=O)C1CCCC1Nc1ccc(C#N)cc1F. The lowest BCUT2D eigenvalue weighted by molar-refractivity contribution is 0.577. The highest BCUT2D eigenvalue weighted by Crippen LogP contribution is 2.29. The summed E-state index contributed by atoms with van der Waals surface area (Å²) in [6, 6.07) is 5.72. The zero-order valence-corrected chi connectivity index (χ0v) is 11.4. The van der Waals surface area contributed by atoms with Crippen molar-refractivity contribution in [1.82, 2.24) is 0 Å². The highest BCUT2D eigenvalue weighted by Gasteiger charge is 2.34. The third kappa shape index (κ3) is 3.04. The van der Waals surface area contributed by atoms with E-state index in [0.29, 0.717) is 12.8 Å². The van der Waals surface area contributed by atoms with Crippen molar-refractivity contribution < 1.29 is 12.8 Å². The molecule has 1 aliphatic rings. The topological polar surface area (TPSA) is 70.0 Å². The van der Waals surface area contributed by atoms with Crippen LogP contribution < -0.4 is 5.32 Å². The van der Waals surface area contributed by atoms with Crippen LogP contribution in [0, 0.1) is 17.1 Å². The van der Waals surface area contributed by atoms with Gasteiger partial charge in [0.25, 0.3) is 0 Å². The Balaban J connectivity index is 2.20. The van der Waals surface area contributed by atoms with Crippen molar-refractivity contribution in [1.29, 1.82) is 5.26 Å². The number of sulfone groups is 1. The lowest BCUT2D eigenvalue weighted by Crippen LogP contribution is -2.34. The van der Waals surface area contributed by atoms with E-state index in [9.17, 15) is 12.8 Å². The predicted molar refractivity (Wildman–Crippen MR) is 71.0 cm³/mol. The van der Waals surface area contributed by atoms with Crippen LogP contribution in [0.3, 0.4) is 0 Å². The Bertz CT molecular complexity index is 622. The van der Waals surface area contributed by atoms with Gasteiger partial charge in [-0.3, -0.25) is 0 Å². The molecule has 0 bridgehead atoms. The average molecular weight is 282 g/mol. The van der Waals surface area contributed by atoms with Crippen LogP contribution in [0.5, 0.6) is 0 Å². The molecule has 0 heterocycles. The minimum atomic E-state index is -3.13. The van der Waals surface area contributed by atoms with Crippen LogP contribution in [0.2, 0.25) is 0 Å². The molecule has 0 aromatic heterocycles. The molecule has 4 nitrogen and oxygen atoms in total. The fraction of sp³-hybridized carbons (Fsp3) is 0.462. The van der Waals surface area contributed by atoms with Gasteiger partial charge < -0.3 is 5.32 Å². The van der Waals surface area contributed by atoms with Gasteiger partial charge in [0, 0.05) is 12.3 Å². The zero-order chi connectivity index (χ0) is 14.0. The van der Waals surface area contributed by atoms with Crippen LogP contribution in [0.15, 0.2) is 18.2 Å². The van der Waals surface area contributed by atoms with E-state index in [-0.39, 0.29) is 17.3 Å². The monoisotopic (exact) mass is 282 g/mol. The molecule has 19 heavy (non-hydrogen) atoms. The summed E-state index contributed by atoms with van der Waals surface area (Å²) in [5.74, 6) is -0.529. The second kappa shape index (κ2) is 5.17. The summed E-state index contributed by atoms with van der Waals surface area (Å²) < 4.78 is 37.0. The first-order chi connectivity index (χ1) is 8.91. The first kappa shape index (κ1) is 13.8. The molecule has 2 unspecified atom stereocenters. The standard InChI is InChI=1S/C13H15FN2O2S/c1-19(17,18)13-4-2-3-12(13)16-11-6-5-9(8-15)7-10(11)14/h5-7,12-13,16H,2-4H2,1H3. The summed E-state index contributed by atoms with van der Waals surface area (Å²) in [5, 5.41) is 11.2. The van der Waals surface area contributed by atoms with E-state index in [0.717, 1.165) is 12.5 Å². The number of hydrogen-bond acceptors (Lipinski definition) is 4. The normalized spacial score (nSPS) is 23.0. The second-order valence-corrected chi connectivity index (χ2v) is 7.12. The molecule has 1 N–H and O–H groups in total. The summed E-state index contributed by atoms with van der Waals surface area (Å²) in [6.07, 6.45) is 3.34. The van der Waals surface area contributed by atoms with Gasteiger partial charge in [-0.05, 0) is 37.5 Å². The molecule has 1 fully saturated rings. The number of rotatable bonds is 3. The van der Waals surface area contributed by atoms with Crippen molar-refractivity contribution in [3.8, 4) is 6.07 Å². The van der Waals surface area contributed by atoms with Crippen molar-refractivity contribution in [2.24, 2.45) is 0 Å². The van der Waals surface area contributed by atoms with Gasteiger partial charge in [-0.2, -0.15) is 5.26 Å². The Labute approximate surface area is 112 Å². The van der Waals surface area contributed by atoms with Crippen LogP contribution in [-0.4, -0.2) is 26.0 Å². The Kier molecular flexibility index (Phi) is 3.76. The lowest BCUT2D eigenvalue weighted by Gasteiger charge is -2.21. The van der Waals surface area contributed by atoms with E-state index in [1.165, 1.54) is 18.4 Å². The fourth-order valence-corrected chi connectivity index (χ4v) is 3.90. The highest BCUT2D eigenvalue weighted by molar-refractivity contribution is 7.91. The van der Waals surface area contributed by atoms with Gasteiger partial charge in [0.15, 0.2) is 9.84 Å². The molecule has 102 valence electrons. The van der Waals surface area contributed by atoms with E-state index in [4.69, 9.17) is 5.26 Å². The number of nitriles is 1. The predicted octanol–water partition coefficient (Wildman–Crippen LogP) is 2.07. The van der Waals surface area contributed by atoms with Gasteiger partial charge >= 0.3 is 0 Å². The number of benzene rings is 1. The van der Waals surface area contributed by atoms with E-state index in [1.54, 1.807) is 0 Å². The van der Waals surface area contributed by atoms with Gasteiger partial charge in [-0.25, -0.2) is 12.8 Å². The van der Waals surface area contributed by atoms with E-state index in [2.05, 4.69) is 5.32 Å². The maximum absolute atomic E-state index is 13.8. The Morgan fingerprint density at radius 2 is 2.16 bits per heavy atom. The number of anilines is 1. The molecule has 1 saturated carbocycles. The molecule has 1 aromatic carbocycles. The quantitative estimate of drug-likeness (QED) is 0.921. The number of hydrogen-bond donors (Lipinski definition) is 1. The molecule has 0 amide bonds. The molecular weight excluding hydrogens is 267 g/mol. The minimum Gasteiger partial charge on any atom is -0.379 e. The molecule has 1 aliphatic carbocycles. The largest absolute Gasteiger partial charge is 0.379 e. The third-order valence-corrected chi connectivity index (χ3v) is 5.11. The van der Waals surface area contributed by atoms with Gasteiger partial charge in [0.05, 0.1) is 22.6 Å². The van der Waals surface area contributed by atoms with Gasteiger partial charge in [-0.1, -0.05) is 0 Å². The van der Waals surface area contributed by atoms with Crippen molar-refractivity contribution in [3.05, 3.63) is 29.6 Å². The van der Waals surface area contributed by atoms with Crippen LogP contribution in [0.1, 0.15) is 24.8 Å². The first-order valence-electron chi connectivity index (χ1n) is 6.07. The highest BCUT2D eigenvalue weighted by atomic mass is 32.2. The van der Waals surface area contributed by atoms with E-state index >= 15 is 0 Å². The first-order valence-corrected chi connectivity index (χ1v) is 8.02. The van der Waals surface area contributed by atoms with Gasteiger partial charge in [0.2, 0.25) is 0 Å². The number of halogens is 1. The number of nitrogens with one attached hydrogen (secondary N) is 1. The van der Waals surface area contributed by atoms with Crippen LogP contribution in [0.25, 0.3) is 0 Å². The average Bonchev–Trinajstić information content (AvgIpc) is 2.79. The second-order valence-electron chi connectivity index (χ2n) is 4.86. The molecular formula is C13H15FN2O2S. The van der Waals surface area contributed by atoms with E-state index in [1.807, 2.05) is 6.07 Å². The molecule has 0 radical (unpaired) electrons. The maximum atomic E-state index is 13.8. The molecule has 6 heteroatoms. The Hall–Kier alpha value is -1.61. The minimum absolute atomic E-state index is 0.245. The van der Waals surface area contributed by atoms with Gasteiger partial charge in [-0.15, -0.1) is 0 Å². The summed E-state index contributed by atoms with van der Waals surface area (Å²) >= 11 is 0. The smallest absolute Gasteiger partial charge is 0.152 e. The van der Waals surface area contributed by atoms with Crippen molar-refractivity contribution in [3.63, 3.8) is 0 Å². The summed E-state index contributed by atoms with van der Waals surface area (Å²) in [6.45, 7) is 0. The molecule has 1 aromatic rings. The molecule has 0 aliphatic heterocycles. The molecule has 2 atom stereocenters.